The first-order valence-corrected chi connectivity index (χ1v) is 8.36. The van der Waals surface area contributed by atoms with Crippen molar-refractivity contribution in [1.82, 2.24) is 36.4 Å². The Morgan fingerprint density at radius 1 is 0.640 bits per heavy atom. The van der Waals surface area contributed by atoms with Crippen LogP contribution < -0.4 is 26.6 Å². The number of hydrogen-bond donors (Lipinski definition) is 5. The molecule has 2 rings (SSSR count). The van der Waals surface area contributed by atoms with Gasteiger partial charge in [0.05, 0.1) is 0 Å². The van der Waals surface area contributed by atoms with Crippen LogP contribution in [-0.2, 0) is 9.59 Å². The van der Waals surface area contributed by atoms with Gasteiger partial charge in [-0.1, -0.05) is 0 Å². The van der Waals surface area contributed by atoms with Crippen molar-refractivity contribution in [1.29, 1.82) is 0 Å². The summed E-state index contributed by atoms with van der Waals surface area (Å²) in [5.74, 6) is -0.507. The van der Waals surface area contributed by atoms with Crippen molar-refractivity contribution in [3.63, 3.8) is 0 Å². The van der Waals surface area contributed by atoms with Gasteiger partial charge in [0.25, 0.3) is 0 Å². The Balaban J connectivity index is 1.34. The molecule has 0 unspecified atom stereocenters. The third-order valence-electron chi connectivity index (χ3n) is 3.81. The van der Waals surface area contributed by atoms with E-state index in [1.54, 1.807) is 0 Å². The summed E-state index contributed by atoms with van der Waals surface area (Å²) in [5, 5.41) is 14.1. The molecule has 2 heterocycles. The van der Waals surface area contributed by atoms with Crippen molar-refractivity contribution < 1.29 is 19.2 Å². The average Bonchev–Trinajstić information content (AvgIpc) is 3.05. The first-order valence-electron chi connectivity index (χ1n) is 8.36. The Labute approximate surface area is 145 Å². The van der Waals surface area contributed by atoms with Gasteiger partial charge >= 0.3 is 12.1 Å². The third kappa shape index (κ3) is 6.64. The molecule has 5 N–H and O–H groups in total. The molecule has 0 radical (unpaired) electrons. The first-order chi connectivity index (χ1) is 12.1. The number of urea groups is 2. The second-order valence-corrected chi connectivity index (χ2v) is 5.80. The van der Waals surface area contributed by atoms with Crippen molar-refractivity contribution in [3.05, 3.63) is 0 Å². The molecule has 2 aliphatic rings. The van der Waals surface area contributed by atoms with Gasteiger partial charge in [-0.25, -0.2) is 9.59 Å². The molecule has 2 aliphatic heterocycles. The highest BCUT2D eigenvalue weighted by molar-refractivity contribution is 6.02. The van der Waals surface area contributed by atoms with Gasteiger partial charge in [-0.3, -0.25) is 20.2 Å². The van der Waals surface area contributed by atoms with Crippen LogP contribution in [0, 0.1) is 0 Å². The van der Waals surface area contributed by atoms with Crippen molar-refractivity contribution in [2.24, 2.45) is 0 Å². The molecule has 0 bridgehead atoms. The Morgan fingerprint density at radius 2 is 1.00 bits per heavy atom. The van der Waals surface area contributed by atoms with Crippen molar-refractivity contribution in [3.8, 4) is 0 Å². The predicted octanol–water partition coefficient (Wildman–Crippen LogP) is -3.14. The number of imide groups is 2. The summed E-state index contributed by atoms with van der Waals surface area (Å²) in [6, 6.07) is -0.654. The van der Waals surface area contributed by atoms with Crippen LogP contribution in [0.15, 0.2) is 0 Å². The standard InChI is InChI=1S/C14H25N7O4/c22-11-9-20(13(24)18-11)7-5-16-3-1-15-2-4-17-6-8-21-10-12(23)19-14(21)25/h15-17H,1-10H2,(H,18,22,24)(H,19,23,25). The van der Waals surface area contributed by atoms with Gasteiger partial charge in [0.1, 0.15) is 13.1 Å². The molecule has 6 amide bonds. The normalized spacial score (nSPS) is 17.4. The fourth-order valence-corrected chi connectivity index (χ4v) is 2.48. The molecule has 0 aromatic carbocycles. The Kier molecular flexibility index (Phi) is 7.57. The van der Waals surface area contributed by atoms with E-state index in [1.807, 2.05) is 0 Å². The van der Waals surface area contributed by atoms with Crippen LogP contribution in [-0.4, -0.2) is 99.1 Å². The molecule has 0 aromatic heterocycles. The number of rotatable bonds is 12. The first kappa shape index (κ1) is 19.1. The number of amides is 6. The lowest BCUT2D eigenvalue weighted by molar-refractivity contribution is -0.119. The van der Waals surface area contributed by atoms with Crippen molar-refractivity contribution in [2.75, 3.05) is 65.4 Å². The molecular weight excluding hydrogens is 330 g/mol. The van der Waals surface area contributed by atoms with Crippen LogP contribution in [0.1, 0.15) is 0 Å². The number of nitrogens with one attached hydrogen (secondary N) is 5. The van der Waals surface area contributed by atoms with E-state index >= 15 is 0 Å². The molecule has 140 valence electrons. The lowest BCUT2D eigenvalue weighted by atomic mass is 10.4. The number of hydrogen-bond acceptors (Lipinski definition) is 7. The molecule has 0 atom stereocenters. The largest absolute Gasteiger partial charge is 0.324 e. The minimum atomic E-state index is -0.327. The SMILES string of the molecule is O=C1CN(CCNCCNCCNCCN2CC(=O)NC2=O)C(=O)N1. The van der Waals surface area contributed by atoms with E-state index in [4.69, 9.17) is 0 Å². The Bertz CT molecular complexity index is 469. The van der Waals surface area contributed by atoms with E-state index in [-0.39, 0.29) is 37.0 Å². The minimum Gasteiger partial charge on any atom is -0.314 e. The summed E-state index contributed by atoms with van der Waals surface area (Å²) in [4.78, 5) is 47.6. The van der Waals surface area contributed by atoms with Gasteiger partial charge in [0.15, 0.2) is 0 Å². The molecule has 0 saturated carbocycles. The van der Waals surface area contributed by atoms with Crippen LogP contribution >= 0.6 is 0 Å². The summed E-state index contributed by atoms with van der Waals surface area (Å²) < 4.78 is 0. The zero-order valence-corrected chi connectivity index (χ0v) is 14.1. The second-order valence-electron chi connectivity index (χ2n) is 5.80. The Hall–Kier alpha value is -2.24. The molecule has 2 saturated heterocycles. The van der Waals surface area contributed by atoms with E-state index < -0.39 is 0 Å². The zero-order valence-electron chi connectivity index (χ0n) is 14.1. The maximum absolute atomic E-state index is 11.3. The number of carbonyl (C=O) groups excluding carboxylic acids is 4. The van der Waals surface area contributed by atoms with E-state index in [0.717, 1.165) is 26.2 Å². The molecule has 0 spiro atoms. The van der Waals surface area contributed by atoms with Crippen LogP contribution in [0.25, 0.3) is 0 Å². The molecule has 25 heavy (non-hydrogen) atoms. The maximum Gasteiger partial charge on any atom is 0.324 e. The summed E-state index contributed by atoms with van der Waals surface area (Å²) in [6.07, 6.45) is 0. The van der Waals surface area contributed by atoms with Crippen LogP contribution in [0.4, 0.5) is 9.59 Å². The van der Waals surface area contributed by atoms with E-state index in [9.17, 15) is 19.2 Å². The topological polar surface area (TPSA) is 135 Å². The summed E-state index contributed by atoms with van der Waals surface area (Å²) in [6.45, 7) is 5.66. The van der Waals surface area contributed by atoms with Crippen LogP contribution in [0.3, 0.4) is 0 Å². The van der Waals surface area contributed by atoms with E-state index in [1.165, 1.54) is 9.80 Å². The zero-order chi connectivity index (χ0) is 18.1. The maximum atomic E-state index is 11.3. The third-order valence-corrected chi connectivity index (χ3v) is 3.81. The number of nitrogens with zero attached hydrogens (tertiary/aromatic N) is 2. The highest BCUT2D eigenvalue weighted by Crippen LogP contribution is 1.96. The van der Waals surface area contributed by atoms with Gasteiger partial charge < -0.3 is 25.8 Å². The van der Waals surface area contributed by atoms with E-state index in [2.05, 4.69) is 26.6 Å². The molecule has 11 nitrogen and oxygen atoms in total. The second kappa shape index (κ2) is 9.91. The quantitative estimate of drug-likeness (QED) is 0.184. The highest BCUT2D eigenvalue weighted by Gasteiger charge is 2.26. The van der Waals surface area contributed by atoms with Gasteiger partial charge in [-0.15, -0.1) is 0 Å². The molecule has 0 aromatic rings. The van der Waals surface area contributed by atoms with E-state index in [0.29, 0.717) is 26.2 Å². The summed E-state index contributed by atoms with van der Waals surface area (Å²) in [5.41, 5.74) is 0. The lowest BCUT2D eigenvalue weighted by Gasteiger charge is -2.14. The van der Waals surface area contributed by atoms with Crippen LogP contribution in [0.5, 0.6) is 0 Å². The smallest absolute Gasteiger partial charge is 0.314 e. The lowest BCUT2D eigenvalue weighted by Crippen LogP contribution is -2.39. The molecular formula is C14H25N7O4. The van der Waals surface area contributed by atoms with Crippen molar-refractivity contribution in [2.45, 2.75) is 0 Å². The summed E-state index contributed by atoms with van der Waals surface area (Å²) >= 11 is 0. The minimum absolute atomic E-state index is 0.137. The molecule has 2 fully saturated rings. The van der Waals surface area contributed by atoms with Crippen molar-refractivity contribution >= 4 is 23.9 Å². The van der Waals surface area contributed by atoms with Gasteiger partial charge in [-0.2, -0.15) is 0 Å². The van der Waals surface area contributed by atoms with Gasteiger partial charge in [0, 0.05) is 52.4 Å². The fourth-order valence-electron chi connectivity index (χ4n) is 2.48. The predicted molar refractivity (Wildman–Crippen MR) is 88.8 cm³/mol. The Morgan fingerprint density at radius 3 is 1.32 bits per heavy atom. The van der Waals surface area contributed by atoms with Crippen LogP contribution in [0.2, 0.25) is 0 Å². The molecule has 11 heteroatoms. The monoisotopic (exact) mass is 355 g/mol. The van der Waals surface area contributed by atoms with Gasteiger partial charge in [0.2, 0.25) is 11.8 Å². The highest BCUT2D eigenvalue weighted by atomic mass is 16.2. The molecule has 0 aliphatic carbocycles. The summed E-state index contributed by atoms with van der Waals surface area (Å²) in [7, 11) is 0. The number of carbonyl (C=O) groups is 4. The fraction of sp³-hybridized carbons (Fsp3) is 0.714. The average molecular weight is 355 g/mol. The van der Waals surface area contributed by atoms with Gasteiger partial charge in [-0.05, 0) is 0 Å².